The van der Waals surface area contributed by atoms with Gasteiger partial charge in [0.1, 0.15) is 12.4 Å². The van der Waals surface area contributed by atoms with Crippen LogP contribution in [0.15, 0.2) is 89.0 Å². The van der Waals surface area contributed by atoms with Gasteiger partial charge in [0, 0.05) is 18.1 Å². The summed E-state index contributed by atoms with van der Waals surface area (Å²) in [4.78, 5) is 4.55. The molecule has 0 saturated carbocycles. The molecule has 0 amide bonds. The molecule has 0 aliphatic heterocycles. The molecule has 0 saturated heterocycles. The highest BCUT2D eigenvalue weighted by atomic mass is 32.2. The molecule has 5 aromatic rings. The van der Waals surface area contributed by atoms with Crippen LogP contribution in [0.4, 0.5) is 0 Å². The van der Waals surface area contributed by atoms with Gasteiger partial charge >= 0.3 is 0 Å². The quantitative estimate of drug-likeness (QED) is 0.172. The second-order valence-corrected chi connectivity index (χ2v) is 10.4. The van der Waals surface area contributed by atoms with E-state index in [0.29, 0.717) is 45.4 Å². The SMILES string of the molecule is COCc1c(/C=N/O)ncc2c1c1c(OCc3ccccc3)cccc1n2S(=O)(=O)c1ccc(C)cc1. The van der Waals surface area contributed by atoms with Crippen molar-refractivity contribution in [2.75, 3.05) is 7.11 Å². The van der Waals surface area contributed by atoms with Gasteiger partial charge < -0.3 is 14.7 Å². The highest BCUT2D eigenvalue weighted by Crippen LogP contribution is 2.40. The van der Waals surface area contributed by atoms with E-state index >= 15 is 0 Å². The third-order valence-electron chi connectivity index (χ3n) is 6.15. The predicted molar refractivity (Wildman–Crippen MR) is 142 cm³/mol. The number of aryl methyl sites for hydroxylation is 1. The topological polar surface area (TPSA) is 103 Å². The van der Waals surface area contributed by atoms with E-state index in [1.165, 1.54) is 23.5 Å². The maximum atomic E-state index is 14.0. The Balaban J connectivity index is 1.84. The number of aromatic nitrogens is 2. The van der Waals surface area contributed by atoms with Gasteiger partial charge in [0.05, 0.1) is 46.0 Å². The Morgan fingerprint density at radius 3 is 2.41 bits per heavy atom. The minimum Gasteiger partial charge on any atom is -0.488 e. The molecule has 1 N–H and O–H groups in total. The van der Waals surface area contributed by atoms with E-state index in [9.17, 15) is 13.6 Å². The number of nitrogens with zero attached hydrogens (tertiary/aromatic N) is 3. The van der Waals surface area contributed by atoms with Crippen molar-refractivity contribution in [1.82, 2.24) is 8.96 Å². The first-order chi connectivity index (χ1) is 18.0. The van der Waals surface area contributed by atoms with Crippen molar-refractivity contribution in [2.45, 2.75) is 25.0 Å². The number of methoxy groups -OCH3 is 1. The van der Waals surface area contributed by atoms with Gasteiger partial charge in [0.25, 0.3) is 10.0 Å². The number of fused-ring (bicyclic) bond motifs is 3. The van der Waals surface area contributed by atoms with Crippen LogP contribution in [0.2, 0.25) is 0 Å². The molecular weight excluding hydrogens is 490 g/mol. The van der Waals surface area contributed by atoms with Crippen LogP contribution in [-0.2, 0) is 28.0 Å². The molecule has 0 aliphatic rings. The van der Waals surface area contributed by atoms with Gasteiger partial charge in [-0.3, -0.25) is 4.98 Å². The fourth-order valence-electron chi connectivity index (χ4n) is 4.45. The average Bonchev–Trinajstić information content (AvgIpc) is 3.26. The molecule has 2 heterocycles. The van der Waals surface area contributed by atoms with Crippen LogP contribution in [0.25, 0.3) is 21.8 Å². The first kappa shape index (κ1) is 24.5. The first-order valence-electron chi connectivity index (χ1n) is 11.6. The highest BCUT2D eigenvalue weighted by Gasteiger charge is 2.27. The summed E-state index contributed by atoms with van der Waals surface area (Å²) in [7, 11) is -2.47. The van der Waals surface area contributed by atoms with Crippen molar-refractivity contribution in [3.8, 4) is 5.75 Å². The number of oxime groups is 1. The van der Waals surface area contributed by atoms with E-state index in [-0.39, 0.29) is 11.5 Å². The lowest BCUT2D eigenvalue weighted by Crippen LogP contribution is -2.13. The normalized spacial score (nSPS) is 12.1. The van der Waals surface area contributed by atoms with E-state index < -0.39 is 10.0 Å². The molecule has 0 radical (unpaired) electrons. The summed E-state index contributed by atoms with van der Waals surface area (Å²) in [6.45, 7) is 2.31. The van der Waals surface area contributed by atoms with Crippen LogP contribution in [0.3, 0.4) is 0 Å². The molecule has 9 heteroatoms. The van der Waals surface area contributed by atoms with Crippen molar-refractivity contribution < 1.29 is 23.1 Å². The van der Waals surface area contributed by atoms with Gasteiger partial charge in [0.15, 0.2) is 0 Å². The number of benzene rings is 3. The fourth-order valence-corrected chi connectivity index (χ4v) is 5.94. The van der Waals surface area contributed by atoms with Crippen molar-refractivity contribution >= 4 is 38.0 Å². The minimum atomic E-state index is -4.01. The van der Waals surface area contributed by atoms with Gasteiger partial charge in [-0.25, -0.2) is 12.4 Å². The molecule has 2 aromatic heterocycles. The summed E-state index contributed by atoms with van der Waals surface area (Å²) in [5.41, 5.74) is 3.68. The van der Waals surface area contributed by atoms with Crippen LogP contribution >= 0.6 is 0 Å². The van der Waals surface area contributed by atoms with E-state index in [4.69, 9.17) is 9.47 Å². The Hall–Kier alpha value is -4.21. The summed E-state index contributed by atoms with van der Waals surface area (Å²) in [6, 6.07) is 21.7. The number of hydrogen-bond donors (Lipinski definition) is 1. The smallest absolute Gasteiger partial charge is 0.268 e. The summed E-state index contributed by atoms with van der Waals surface area (Å²) in [5, 5.41) is 13.6. The van der Waals surface area contributed by atoms with E-state index in [1.807, 2.05) is 43.3 Å². The molecule has 0 atom stereocenters. The molecule has 3 aromatic carbocycles. The largest absolute Gasteiger partial charge is 0.488 e. The Morgan fingerprint density at radius 2 is 1.70 bits per heavy atom. The monoisotopic (exact) mass is 515 g/mol. The second kappa shape index (κ2) is 10.0. The molecule has 5 rings (SSSR count). The summed E-state index contributed by atoms with van der Waals surface area (Å²) < 4.78 is 41.0. The van der Waals surface area contributed by atoms with Crippen LogP contribution in [0, 0.1) is 6.92 Å². The number of ether oxygens (including phenoxy) is 2. The van der Waals surface area contributed by atoms with Gasteiger partial charge in [-0.2, -0.15) is 0 Å². The second-order valence-electron chi connectivity index (χ2n) is 8.57. The number of hydrogen-bond acceptors (Lipinski definition) is 7. The summed E-state index contributed by atoms with van der Waals surface area (Å²) in [6.07, 6.45) is 2.68. The van der Waals surface area contributed by atoms with Gasteiger partial charge in [0.2, 0.25) is 0 Å². The minimum absolute atomic E-state index is 0.113. The average molecular weight is 516 g/mol. The Bertz CT molecular complexity index is 1710. The van der Waals surface area contributed by atoms with E-state index in [1.54, 1.807) is 36.4 Å². The van der Waals surface area contributed by atoms with Gasteiger partial charge in [-0.15, -0.1) is 0 Å². The fraction of sp³-hybridized carbons (Fsp3) is 0.143. The zero-order chi connectivity index (χ0) is 26.0. The van der Waals surface area contributed by atoms with Crippen molar-refractivity contribution in [3.05, 3.63) is 101 Å². The lowest BCUT2D eigenvalue weighted by Gasteiger charge is -2.11. The predicted octanol–water partition coefficient (Wildman–Crippen LogP) is 5.27. The Kier molecular flexibility index (Phi) is 6.64. The van der Waals surface area contributed by atoms with Crippen molar-refractivity contribution in [1.29, 1.82) is 0 Å². The lowest BCUT2D eigenvalue weighted by molar-refractivity contribution is 0.185. The molecule has 0 aliphatic carbocycles. The number of pyridine rings is 1. The van der Waals surface area contributed by atoms with Crippen molar-refractivity contribution in [2.24, 2.45) is 5.16 Å². The third-order valence-corrected chi connectivity index (χ3v) is 7.89. The zero-order valence-electron chi connectivity index (χ0n) is 20.3. The van der Waals surface area contributed by atoms with E-state index in [0.717, 1.165) is 11.1 Å². The van der Waals surface area contributed by atoms with Gasteiger partial charge in [-0.1, -0.05) is 59.3 Å². The molecule has 8 nitrogen and oxygen atoms in total. The Morgan fingerprint density at radius 1 is 0.946 bits per heavy atom. The summed E-state index contributed by atoms with van der Waals surface area (Å²) >= 11 is 0. The van der Waals surface area contributed by atoms with Crippen LogP contribution < -0.4 is 4.74 Å². The highest BCUT2D eigenvalue weighted by molar-refractivity contribution is 7.90. The Labute approximate surface area is 214 Å². The zero-order valence-corrected chi connectivity index (χ0v) is 21.1. The molecule has 0 unspecified atom stereocenters. The molecule has 0 spiro atoms. The summed E-state index contributed by atoms with van der Waals surface area (Å²) in [5.74, 6) is 0.514. The standard InChI is InChI=1S/C28H25N3O5S/c1-19-11-13-21(14-12-19)37(33,34)31-24-9-6-10-26(36-17-20-7-4-3-5-8-20)28(24)27-22(18-35-2)23(15-30-32)29-16-25(27)31/h3-16,32H,17-18H2,1-2H3/b30-15+. The maximum Gasteiger partial charge on any atom is 0.268 e. The molecule has 0 fully saturated rings. The third kappa shape index (κ3) is 4.43. The van der Waals surface area contributed by atoms with Crippen LogP contribution in [-0.4, -0.2) is 35.9 Å². The first-order valence-corrected chi connectivity index (χ1v) is 13.0. The van der Waals surface area contributed by atoms with Crippen molar-refractivity contribution in [3.63, 3.8) is 0 Å². The molecule has 37 heavy (non-hydrogen) atoms. The lowest BCUT2D eigenvalue weighted by atomic mass is 10.1. The molecule has 0 bridgehead atoms. The maximum absolute atomic E-state index is 14.0. The van der Waals surface area contributed by atoms with Gasteiger partial charge in [-0.05, 0) is 36.8 Å². The number of rotatable bonds is 8. The molecular formula is C28H25N3O5S. The van der Waals surface area contributed by atoms with Crippen LogP contribution in [0.5, 0.6) is 5.75 Å². The molecule has 188 valence electrons. The van der Waals surface area contributed by atoms with Crippen LogP contribution in [0.1, 0.15) is 22.4 Å². The van der Waals surface area contributed by atoms with E-state index in [2.05, 4.69) is 10.1 Å².